The number of aromatic nitrogens is 1. The molecule has 2 aromatic heterocycles. The Labute approximate surface area is 168 Å². The van der Waals surface area contributed by atoms with Gasteiger partial charge in [0.05, 0.1) is 11.1 Å². The fraction of sp³-hybridized carbons (Fsp3) is 0.333. The van der Waals surface area contributed by atoms with E-state index >= 15 is 0 Å². The molecule has 8 heteroatoms. The van der Waals surface area contributed by atoms with Crippen LogP contribution in [0, 0.1) is 5.92 Å². The van der Waals surface area contributed by atoms with Crippen LogP contribution in [0.5, 0.6) is 0 Å². The summed E-state index contributed by atoms with van der Waals surface area (Å²) in [4.78, 5) is 19.5. The predicted octanol–water partition coefficient (Wildman–Crippen LogP) is 2.48. The van der Waals surface area contributed by atoms with Gasteiger partial charge in [0.1, 0.15) is 16.9 Å². The Balaban J connectivity index is 1.44. The second-order valence-electron chi connectivity index (χ2n) is 7.80. The number of nitrogens with zero attached hydrogens (tertiary/aromatic N) is 2. The van der Waals surface area contributed by atoms with Gasteiger partial charge in [-0.1, -0.05) is 18.2 Å². The van der Waals surface area contributed by atoms with E-state index in [1.54, 1.807) is 18.2 Å². The molecule has 0 saturated carbocycles. The maximum Gasteiger partial charge on any atom is 0.270 e. The third kappa shape index (κ3) is 3.32. The van der Waals surface area contributed by atoms with E-state index in [2.05, 4.69) is 15.2 Å². The van der Waals surface area contributed by atoms with E-state index in [1.807, 2.05) is 0 Å². The number of fused-ring (bicyclic) bond motifs is 3. The highest BCUT2D eigenvalue weighted by atomic mass is 32.2. The number of hydrogen-bond acceptors (Lipinski definition) is 6. The molecular formula is C21H21N3O4S. The Hall–Kier alpha value is -2.71. The summed E-state index contributed by atoms with van der Waals surface area (Å²) in [7, 11) is -3.76. The van der Waals surface area contributed by atoms with Gasteiger partial charge in [0.15, 0.2) is 5.58 Å². The monoisotopic (exact) mass is 411 g/mol. The highest BCUT2D eigenvalue weighted by molar-refractivity contribution is 7.91. The quantitative estimate of drug-likeness (QED) is 0.709. The molecule has 2 aliphatic rings. The van der Waals surface area contributed by atoms with Crippen LogP contribution in [0.25, 0.3) is 11.0 Å². The number of hydrogen-bond donors (Lipinski definition) is 1. The molecule has 1 N–H and O–H groups in total. The largest absolute Gasteiger partial charge is 0.461 e. The average Bonchev–Trinajstić information content (AvgIpc) is 3.31. The Kier molecular flexibility index (Phi) is 4.40. The van der Waals surface area contributed by atoms with Crippen molar-refractivity contribution in [2.24, 2.45) is 5.92 Å². The zero-order valence-corrected chi connectivity index (χ0v) is 16.6. The van der Waals surface area contributed by atoms with Gasteiger partial charge in [-0.25, -0.2) is 13.4 Å². The molecule has 150 valence electrons. The maximum atomic E-state index is 13.0. The molecule has 0 radical (unpaired) electrons. The first-order chi connectivity index (χ1) is 14.0. The lowest BCUT2D eigenvalue weighted by Crippen LogP contribution is -2.47. The number of amides is 1. The maximum absolute atomic E-state index is 13.0. The number of benzene rings is 1. The van der Waals surface area contributed by atoms with Gasteiger partial charge in [-0.2, -0.15) is 0 Å². The molecule has 2 aliphatic heterocycles. The Bertz CT molecular complexity index is 1160. The summed E-state index contributed by atoms with van der Waals surface area (Å²) in [5.41, 5.74) is 0.522. The molecule has 2 saturated heterocycles. The van der Waals surface area contributed by atoms with Crippen LogP contribution in [0.3, 0.4) is 0 Å². The number of rotatable bonds is 4. The van der Waals surface area contributed by atoms with Crippen molar-refractivity contribution in [2.45, 2.75) is 28.7 Å². The van der Waals surface area contributed by atoms with Crippen LogP contribution < -0.4 is 5.32 Å². The predicted molar refractivity (Wildman–Crippen MR) is 106 cm³/mol. The fourth-order valence-corrected chi connectivity index (χ4v) is 5.79. The summed E-state index contributed by atoms with van der Waals surface area (Å²) in [6.07, 6.45) is 4.78. The number of carbonyl (C=O) groups is 1. The molecule has 0 aliphatic carbocycles. The highest BCUT2D eigenvalue weighted by Crippen LogP contribution is 2.30. The van der Waals surface area contributed by atoms with Gasteiger partial charge >= 0.3 is 0 Å². The minimum atomic E-state index is -3.76. The molecule has 3 aromatic rings. The van der Waals surface area contributed by atoms with E-state index in [9.17, 15) is 13.2 Å². The molecule has 2 fully saturated rings. The van der Waals surface area contributed by atoms with Crippen molar-refractivity contribution >= 4 is 26.7 Å². The van der Waals surface area contributed by atoms with E-state index in [0.29, 0.717) is 16.9 Å². The molecule has 1 aromatic carbocycles. The third-order valence-corrected chi connectivity index (χ3v) is 7.59. The van der Waals surface area contributed by atoms with E-state index in [0.717, 1.165) is 26.1 Å². The Morgan fingerprint density at radius 3 is 2.83 bits per heavy atom. The minimum absolute atomic E-state index is 0.0389. The summed E-state index contributed by atoms with van der Waals surface area (Å²) in [5.74, 6) is 0.352. The lowest BCUT2D eigenvalue weighted by Gasteiger charge is -2.30. The topological polar surface area (TPSA) is 92.5 Å². The number of sulfone groups is 1. The van der Waals surface area contributed by atoms with Crippen molar-refractivity contribution in [1.82, 2.24) is 15.2 Å². The summed E-state index contributed by atoms with van der Waals surface area (Å²) in [5, 5.41) is 3.42. The summed E-state index contributed by atoms with van der Waals surface area (Å²) >= 11 is 0. The third-order valence-electron chi connectivity index (χ3n) is 5.80. The van der Waals surface area contributed by atoms with Crippen LogP contribution >= 0.6 is 0 Å². The summed E-state index contributed by atoms with van der Waals surface area (Å²) in [6, 6.07) is 9.77. The van der Waals surface area contributed by atoms with Gasteiger partial charge in [-0.05, 0) is 43.5 Å². The SMILES string of the molecule is O=C(N[C@@H]1C[C@@H]2CCN(C2)C1)c1cc2c(S(=O)(=O)c3ccccc3)coc2cn1. The van der Waals surface area contributed by atoms with Gasteiger partial charge in [-0.3, -0.25) is 4.79 Å². The van der Waals surface area contributed by atoms with Gasteiger partial charge in [0, 0.05) is 24.5 Å². The number of nitrogens with one attached hydrogen (secondary N) is 1. The van der Waals surface area contributed by atoms with Gasteiger partial charge in [0.25, 0.3) is 5.91 Å². The molecule has 3 atom stereocenters. The van der Waals surface area contributed by atoms with Gasteiger partial charge in [0.2, 0.25) is 9.84 Å². The van der Waals surface area contributed by atoms with Crippen molar-refractivity contribution in [3.05, 3.63) is 54.6 Å². The Morgan fingerprint density at radius 1 is 1.21 bits per heavy atom. The minimum Gasteiger partial charge on any atom is -0.461 e. The van der Waals surface area contributed by atoms with Crippen molar-refractivity contribution in [1.29, 1.82) is 0 Å². The van der Waals surface area contributed by atoms with E-state index in [1.165, 1.54) is 37.1 Å². The van der Waals surface area contributed by atoms with Crippen LogP contribution in [0.2, 0.25) is 0 Å². The summed E-state index contributed by atoms with van der Waals surface area (Å²) < 4.78 is 31.4. The number of furan rings is 1. The number of carbonyl (C=O) groups excluding carboxylic acids is 1. The first kappa shape index (κ1) is 18.3. The van der Waals surface area contributed by atoms with Crippen molar-refractivity contribution in [3.8, 4) is 0 Å². The van der Waals surface area contributed by atoms with Crippen LogP contribution in [0.15, 0.2) is 63.1 Å². The second-order valence-corrected chi connectivity index (χ2v) is 9.72. The normalized spacial score (nSPS) is 23.9. The van der Waals surface area contributed by atoms with Crippen LogP contribution in [0.4, 0.5) is 0 Å². The molecule has 1 amide bonds. The number of pyridine rings is 1. The molecule has 7 nitrogen and oxygen atoms in total. The molecular weight excluding hydrogens is 390 g/mol. The number of piperidine rings is 1. The van der Waals surface area contributed by atoms with Crippen LogP contribution in [-0.2, 0) is 9.84 Å². The van der Waals surface area contributed by atoms with Crippen molar-refractivity contribution in [3.63, 3.8) is 0 Å². The second kappa shape index (κ2) is 6.96. The molecule has 4 heterocycles. The Morgan fingerprint density at radius 2 is 2.03 bits per heavy atom. The van der Waals surface area contributed by atoms with Gasteiger partial charge in [-0.15, -0.1) is 0 Å². The highest BCUT2D eigenvalue weighted by Gasteiger charge is 2.33. The zero-order chi connectivity index (χ0) is 20.0. The molecule has 2 bridgehead atoms. The van der Waals surface area contributed by atoms with Crippen LogP contribution in [0.1, 0.15) is 23.3 Å². The van der Waals surface area contributed by atoms with E-state index in [4.69, 9.17) is 4.42 Å². The fourth-order valence-electron chi connectivity index (χ4n) is 4.39. The lowest BCUT2D eigenvalue weighted by atomic mass is 9.97. The molecule has 5 rings (SSSR count). The van der Waals surface area contributed by atoms with Crippen molar-refractivity contribution < 1.29 is 17.6 Å². The molecule has 1 unspecified atom stereocenters. The first-order valence-corrected chi connectivity index (χ1v) is 11.2. The van der Waals surface area contributed by atoms with E-state index in [-0.39, 0.29) is 27.4 Å². The average molecular weight is 411 g/mol. The lowest BCUT2D eigenvalue weighted by molar-refractivity contribution is 0.0904. The van der Waals surface area contributed by atoms with Crippen molar-refractivity contribution in [2.75, 3.05) is 19.6 Å². The molecule has 29 heavy (non-hydrogen) atoms. The molecule has 0 spiro atoms. The van der Waals surface area contributed by atoms with Crippen LogP contribution in [-0.4, -0.2) is 49.9 Å². The first-order valence-electron chi connectivity index (χ1n) is 9.71. The van der Waals surface area contributed by atoms with Gasteiger partial charge < -0.3 is 14.6 Å². The smallest absolute Gasteiger partial charge is 0.270 e. The van der Waals surface area contributed by atoms with E-state index < -0.39 is 9.84 Å². The zero-order valence-electron chi connectivity index (χ0n) is 15.7. The standard InChI is InChI=1S/C21H21N3O4S/c25-21(23-15-8-14-6-7-24(11-14)12-15)18-9-17-19(10-22-18)28-13-20(17)29(26,27)16-4-2-1-3-5-16/h1-5,9-10,13-15H,6-8,11-12H2,(H,23,25)/t14-,15+/m0/s1. The summed E-state index contributed by atoms with van der Waals surface area (Å²) in [6.45, 7) is 3.06.